The predicted octanol–water partition coefficient (Wildman–Crippen LogP) is 4.41. The first-order valence-corrected chi connectivity index (χ1v) is 7.66. The van der Waals surface area contributed by atoms with Crippen LogP contribution in [0.5, 0.6) is 11.5 Å². The molecule has 2 aromatic rings. The van der Waals surface area contributed by atoms with Gasteiger partial charge in [-0.2, -0.15) is 0 Å². The van der Waals surface area contributed by atoms with Gasteiger partial charge in [0.1, 0.15) is 6.10 Å². The maximum atomic E-state index is 6.17. The van der Waals surface area contributed by atoms with Gasteiger partial charge in [0.25, 0.3) is 0 Å². The molecule has 3 rings (SSSR count). The molecule has 1 aliphatic rings. The number of ether oxygens (including phenoxy) is 3. The Hall–Kier alpha value is -1.71. The van der Waals surface area contributed by atoms with E-state index in [0.717, 1.165) is 23.3 Å². The minimum absolute atomic E-state index is 0.134. The van der Waals surface area contributed by atoms with Crippen molar-refractivity contribution in [2.24, 2.45) is 0 Å². The summed E-state index contributed by atoms with van der Waals surface area (Å²) in [4.78, 5) is 0. The van der Waals surface area contributed by atoms with Gasteiger partial charge in [-0.15, -0.1) is 0 Å². The van der Waals surface area contributed by atoms with Gasteiger partial charge in [-0.1, -0.05) is 23.7 Å². The molecular weight excluding hydrogens is 300 g/mol. The van der Waals surface area contributed by atoms with E-state index in [1.54, 1.807) is 14.2 Å². The molecule has 1 heterocycles. The highest BCUT2D eigenvalue weighted by atomic mass is 35.5. The highest BCUT2D eigenvalue weighted by Gasteiger charge is 2.28. The first-order valence-electron chi connectivity index (χ1n) is 7.28. The zero-order valence-electron chi connectivity index (χ0n) is 12.9. The van der Waals surface area contributed by atoms with E-state index < -0.39 is 0 Å². The van der Waals surface area contributed by atoms with E-state index in [0.29, 0.717) is 10.8 Å². The third-order valence-corrected chi connectivity index (χ3v) is 4.19. The van der Waals surface area contributed by atoms with Crippen LogP contribution in [0.3, 0.4) is 0 Å². The minimum Gasteiger partial charge on any atom is -0.493 e. The molecular formula is C18H19ClO3. The molecule has 4 heteroatoms. The Labute approximate surface area is 135 Å². The van der Waals surface area contributed by atoms with Crippen LogP contribution < -0.4 is 9.47 Å². The Balaban J connectivity index is 2.12. The molecule has 0 saturated heterocycles. The van der Waals surface area contributed by atoms with E-state index >= 15 is 0 Å². The molecule has 0 aliphatic carbocycles. The fourth-order valence-electron chi connectivity index (χ4n) is 2.95. The van der Waals surface area contributed by atoms with E-state index in [2.05, 4.69) is 6.92 Å². The number of benzene rings is 2. The number of fused-ring (bicyclic) bond motifs is 1. The fraction of sp³-hybridized carbons (Fsp3) is 0.333. The van der Waals surface area contributed by atoms with Crippen LogP contribution in [0.25, 0.3) is 0 Å². The average molecular weight is 319 g/mol. The molecule has 0 fully saturated rings. The van der Waals surface area contributed by atoms with Crippen molar-refractivity contribution in [1.29, 1.82) is 0 Å². The van der Waals surface area contributed by atoms with Crippen LogP contribution in [-0.4, -0.2) is 20.3 Å². The minimum atomic E-state index is -0.141. The van der Waals surface area contributed by atoms with Gasteiger partial charge in [-0.25, -0.2) is 0 Å². The maximum absolute atomic E-state index is 6.17. The molecule has 2 atom stereocenters. The Morgan fingerprint density at radius 3 is 2.50 bits per heavy atom. The molecule has 116 valence electrons. The molecule has 0 radical (unpaired) electrons. The fourth-order valence-corrected chi connectivity index (χ4v) is 3.15. The lowest BCUT2D eigenvalue weighted by Gasteiger charge is -2.31. The second-order valence-electron chi connectivity index (χ2n) is 5.49. The van der Waals surface area contributed by atoms with Crippen molar-refractivity contribution in [3.63, 3.8) is 0 Å². The summed E-state index contributed by atoms with van der Waals surface area (Å²) in [5.41, 5.74) is 3.38. The van der Waals surface area contributed by atoms with Gasteiger partial charge in [-0.3, -0.25) is 0 Å². The molecule has 0 amide bonds. The van der Waals surface area contributed by atoms with Crippen LogP contribution in [0.2, 0.25) is 5.02 Å². The second kappa shape index (κ2) is 6.19. The van der Waals surface area contributed by atoms with Crippen molar-refractivity contribution in [2.45, 2.75) is 25.6 Å². The molecule has 0 aromatic heterocycles. The number of halogens is 1. The SMILES string of the molecule is COc1cc2c(cc1OC)C(c1cccc(Cl)c1)OC(C)C2. The van der Waals surface area contributed by atoms with E-state index in [1.807, 2.05) is 36.4 Å². The predicted molar refractivity (Wildman–Crippen MR) is 87.1 cm³/mol. The molecule has 3 nitrogen and oxygen atoms in total. The second-order valence-corrected chi connectivity index (χ2v) is 5.93. The summed E-state index contributed by atoms with van der Waals surface area (Å²) < 4.78 is 17.0. The molecule has 1 aliphatic heterocycles. The summed E-state index contributed by atoms with van der Waals surface area (Å²) in [7, 11) is 3.30. The summed E-state index contributed by atoms with van der Waals surface area (Å²) in [6.45, 7) is 2.08. The lowest BCUT2D eigenvalue weighted by Crippen LogP contribution is -2.24. The van der Waals surface area contributed by atoms with Crippen LogP contribution in [-0.2, 0) is 11.2 Å². The van der Waals surface area contributed by atoms with E-state index in [1.165, 1.54) is 5.56 Å². The van der Waals surface area contributed by atoms with E-state index in [-0.39, 0.29) is 12.2 Å². The topological polar surface area (TPSA) is 27.7 Å². The third-order valence-electron chi connectivity index (χ3n) is 3.96. The molecule has 0 bridgehead atoms. The van der Waals surface area contributed by atoms with Crippen molar-refractivity contribution in [3.05, 3.63) is 58.1 Å². The first kappa shape index (κ1) is 15.2. The van der Waals surface area contributed by atoms with Gasteiger partial charge < -0.3 is 14.2 Å². The van der Waals surface area contributed by atoms with Crippen LogP contribution in [0, 0.1) is 0 Å². The van der Waals surface area contributed by atoms with Gasteiger partial charge >= 0.3 is 0 Å². The van der Waals surface area contributed by atoms with Crippen LogP contribution in [0.4, 0.5) is 0 Å². The van der Waals surface area contributed by atoms with Crippen molar-refractivity contribution in [3.8, 4) is 11.5 Å². The molecule has 0 spiro atoms. The molecule has 2 unspecified atom stereocenters. The molecule has 22 heavy (non-hydrogen) atoms. The van der Waals surface area contributed by atoms with Gasteiger partial charge in [0.2, 0.25) is 0 Å². The van der Waals surface area contributed by atoms with Gasteiger partial charge in [0.15, 0.2) is 11.5 Å². The van der Waals surface area contributed by atoms with Crippen molar-refractivity contribution in [1.82, 2.24) is 0 Å². The summed E-state index contributed by atoms with van der Waals surface area (Å²) in [5.74, 6) is 1.46. The van der Waals surface area contributed by atoms with E-state index in [4.69, 9.17) is 25.8 Å². The molecule has 0 saturated carbocycles. The Kier molecular flexibility index (Phi) is 4.27. The maximum Gasteiger partial charge on any atom is 0.161 e. The quantitative estimate of drug-likeness (QED) is 0.839. The smallest absolute Gasteiger partial charge is 0.161 e. The Morgan fingerprint density at radius 2 is 1.82 bits per heavy atom. The van der Waals surface area contributed by atoms with Crippen molar-refractivity contribution in [2.75, 3.05) is 14.2 Å². The van der Waals surface area contributed by atoms with Gasteiger partial charge in [-0.05, 0) is 54.3 Å². The molecule has 0 N–H and O–H groups in total. The third kappa shape index (κ3) is 2.79. The lowest BCUT2D eigenvalue weighted by molar-refractivity contribution is 0.00706. The summed E-state index contributed by atoms with van der Waals surface area (Å²) in [5, 5.41) is 0.710. The Morgan fingerprint density at radius 1 is 1.09 bits per heavy atom. The largest absolute Gasteiger partial charge is 0.493 e. The number of methoxy groups -OCH3 is 2. The zero-order valence-corrected chi connectivity index (χ0v) is 13.7. The monoisotopic (exact) mass is 318 g/mol. The van der Waals surface area contributed by atoms with E-state index in [9.17, 15) is 0 Å². The summed E-state index contributed by atoms with van der Waals surface area (Å²) in [6.07, 6.45) is 0.846. The van der Waals surface area contributed by atoms with Crippen molar-refractivity contribution >= 4 is 11.6 Å². The van der Waals surface area contributed by atoms with Crippen molar-refractivity contribution < 1.29 is 14.2 Å². The number of hydrogen-bond donors (Lipinski definition) is 0. The van der Waals surface area contributed by atoms with Crippen LogP contribution in [0.15, 0.2) is 36.4 Å². The lowest BCUT2D eigenvalue weighted by atomic mass is 9.90. The van der Waals surface area contributed by atoms with Gasteiger partial charge in [0.05, 0.1) is 20.3 Å². The number of rotatable bonds is 3. The average Bonchev–Trinajstić information content (AvgIpc) is 2.52. The van der Waals surface area contributed by atoms with Crippen LogP contribution in [0.1, 0.15) is 29.7 Å². The highest BCUT2D eigenvalue weighted by molar-refractivity contribution is 6.30. The zero-order chi connectivity index (χ0) is 15.7. The first-order chi connectivity index (χ1) is 10.6. The standard InChI is InChI=1S/C18H19ClO3/c1-11-7-13-9-16(20-2)17(21-3)10-15(13)18(22-11)12-5-4-6-14(19)8-12/h4-6,8-11,18H,7H2,1-3H3. The molecule has 2 aromatic carbocycles. The normalized spacial score (nSPS) is 20.4. The number of hydrogen-bond acceptors (Lipinski definition) is 3. The van der Waals surface area contributed by atoms with Gasteiger partial charge in [0, 0.05) is 5.02 Å². The summed E-state index contributed by atoms with van der Waals surface area (Å²) >= 11 is 6.13. The Bertz CT molecular complexity index is 684. The van der Waals surface area contributed by atoms with Crippen LogP contribution >= 0.6 is 11.6 Å². The highest BCUT2D eigenvalue weighted by Crippen LogP contribution is 2.41. The summed E-state index contributed by atoms with van der Waals surface area (Å²) in [6, 6.07) is 11.9.